The number of hydrogen-bond acceptors (Lipinski definition) is 6. The third kappa shape index (κ3) is 43.3. The predicted octanol–water partition coefficient (Wildman–Crippen LogP) is 12.7. The Morgan fingerprint density at radius 2 is 1.02 bits per heavy atom. The lowest BCUT2D eigenvalue weighted by Crippen LogP contribution is -2.45. The number of phosphoric ester groups is 1. The van der Waals surface area contributed by atoms with E-state index in [1.807, 2.05) is 34.1 Å². The molecule has 0 aliphatic heterocycles. The minimum Gasteiger partial charge on any atom is -0.756 e. The fourth-order valence-electron chi connectivity index (χ4n) is 5.82. The first kappa shape index (κ1) is 57.2. The Labute approximate surface area is 368 Å². The van der Waals surface area contributed by atoms with E-state index in [-0.39, 0.29) is 12.5 Å². The van der Waals surface area contributed by atoms with Crippen molar-refractivity contribution in [1.82, 2.24) is 5.32 Å². The molecule has 0 heterocycles. The molecule has 0 aromatic rings. The zero-order valence-electron chi connectivity index (χ0n) is 38.6. The molecule has 0 saturated heterocycles. The summed E-state index contributed by atoms with van der Waals surface area (Å²) in [6.45, 7) is 4.27. The van der Waals surface area contributed by atoms with Gasteiger partial charge in [-0.25, -0.2) is 0 Å². The molecule has 2 N–H and O–H groups in total. The number of quaternary nitrogens is 1. The molecule has 0 fully saturated rings. The van der Waals surface area contributed by atoms with Crippen molar-refractivity contribution in [2.45, 2.75) is 167 Å². The standard InChI is InChI=1S/C51H87N2O6P/c1-6-8-10-11-12-13-14-15-16-17-18-19-20-21-22-23-24-25-26-27-28-29-30-31-32-33-34-35-36-37-38-39-40-41-43-45-51(55)52-49(50(54)44-42-9-7-2)48-59-60(56,57)58-47-46-53(3,4)5/h8,10,12-13,15-16,18-19,21-22,24-25,27-28,30-31,42,44,49-50,54H,6-7,9,11,14,17,20,23,26,29,32-41,43,45-48H2,1-5H3,(H-,52,55,56,57)/b10-8-,13-12-,16-15-,19-18-,22-21-,25-24-,28-27-,31-30-,44-42+. The topological polar surface area (TPSA) is 108 Å². The molecule has 0 rings (SSSR count). The van der Waals surface area contributed by atoms with Crippen LogP contribution in [0.1, 0.15) is 155 Å². The Morgan fingerprint density at radius 3 is 1.45 bits per heavy atom. The number of unbranched alkanes of at least 4 members (excludes halogenated alkanes) is 11. The minimum atomic E-state index is -4.57. The van der Waals surface area contributed by atoms with Gasteiger partial charge in [-0.05, 0) is 77.0 Å². The van der Waals surface area contributed by atoms with Crippen molar-refractivity contribution in [1.29, 1.82) is 0 Å². The highest BCUT2D eigenvalue weighted by Gasteiger charge is 2.23. The van der Waals surface area contributed by atoms with Crippen LogP contribution in [0, 0.1) is 0 Å². The van der Waals surface area contributed by atoms with Crippen molar-refractivity contribution in [2.75, 3.05) is 40.9 Å². The number of aliphatic hydroxyl groups excluding tert-OH is 1. The van der Waals surface area contributed by atoms with Crippen molar-refractivity contribution in [3.8, 4) is 0 Å². The normalized spacial score (nSPS) is 15.2. The van der Waals surface area contributed by atoms with Gasteiger partial charge in [0, 0.05) is 6.42 Å². The number of rotatable bonds is 40. The lowest BCUT2D eigenvalue weighted by molar-refractivity contribution is -0.870. The van der Waals surface area contributed by atoms with Crippen LogP contribution in [0.3, 0.4) is 0 Å². The second kappa shape index (κ2) is 41.5. The molecular weight excluding hydrogens is 768 g/mol. The number of carbonyl (C=O) groups is 1. The highest BCUT2D eigenvalue weighted by Crippen LogP contribution is 2.38. The van der Waals surface area contributed by atoms with E-state index in [0.717, 1.165) is 89.9 Å². The maximum Gasteiger partial charge on any atom is 0.268 e. The number of carbonyl (C=O) groups excluding carboxylic acids is 1. The summed E-state index contributed by atoms with van der Waals surface area (Å²) in [6, 6.07) is -0.891. The summed E-state index contributed by atoms with van der Waals surface area (Å²) in [7, 11) is 1.23. The Hall–Kier alpha value is -2.84. The van der Waals surface area contributed by atoms with E-state index in [4.69, 9.17) is 9.05 Å². The first-order valence-electron chi connectivity index (χ1n) is 23.2. The molecule has 3 atom stereocenters. The molecule has 0 saturated carbocycles. The average molecular weight is 855 g/mol. The third-order valence-electron chi connectivity index (χ3n) is 9.47. The molecule has 8 nitrogen and oxygen atoms in total. The second-order valence-electron chi connectivity index (χ2n) is 16.4. The van der Waals surface area contributed by atoms with Crippen LogP contribution in [0.15, 0.2) is 109 Å². The maximum absolute atomic E-state index is 12.7. The molecule has 0 aromatic heterocycles. The van der Waals surface area contributed by atoms with Gasteiger partial charge in [0.2, 0.25) is 5.91 Å². The summed E-state index contributed by atoms with van der Waals surface area (Å²) in [5.74, 6) is -0.221. The molecule has 1 amide bonds. The van der Waals surface area contributed by atoms with Gasteiger partial charge in [-0.2, -0.15) is 0 Å². The number of nitrogens with one attached hydrogen (secondary N) is 1. The zero-order valence-corrected chi connectivity index (χ0v) is 39.5. The van der Waals surface area contributed by atoms with E-state index in [1.54, 1.807) is 6.08 Å². The van der Waals surface area contributed by atoms with Crippen molar-refractivity contribution < 1.29 is 32.9 Å². The minimum absolute atomic E-state index is 0.00906. The zero-order chi connectivity index (χ0) is 44.3. The van der Waals surface area contributed by atoms with Crippen molar-refractivity contribution in [3.63, 3.8) is 0 Å². The van der Waals surface area contributed by atoms with Gasteiger partial charge < -0.3 is 28.8 Å². The largest absolute Gasteiger partial charge is 0.756 e. The van der Waals surface area contributed by atoms with Gasteiger partial charge in [0.1, 0.15) is 13.2 Å². The molecule has 0 radical (unpaired) electrons. The van der Waals surface area contributed by atoms with E-state index in [0.29, 0.717) is 17.4 Å². The number of aliphatic hydroxyl groups is 1. The summed E-state index contributed by atoms with van der Waals surface area (Å²) >= 11 is 0. The van der Waals surface area contributed by atoms with E-state index >= 15 is 0 Å². The van der Waals surface area contributed by atoms with Crippen molar-refractivity contribution in [2.24, 2.45) is 0 Å². The van der Waals surface area contributed by atoms with Crippen LogP contribution >= 0.6 is 7.82 Å². The number of phosphoric acid groups is 1. The number of amides is 1. The quantitative estimate of drug-likeness (QED) is 0.0275. The van der Waals surface area contributed by atoms with Crippen LogP contribution < -0.4 is 10.2 Å². The predicted molar refractivity (Wildman–Crippen MR) is 256 cm³/mol. The second-order valence-corrected chi connectivity index (χ2v) is 17.8. The van der Waals surface area contributed by atoms with Gasteiger partial charge in [-0.3, -0.25) is 9.36 Å². The van der Waals surface area contributed by atoms with Crippen LogP contribution in [0.25, 0.3) is 0 Å². The fourth-order valence-corrected chi connectivity index (χ4v) is 6.54. The van der Waals surface area contributed by atoms with Gasteiger partial charge in [0.25, 0.3) is 7.82 Å². The summed E-state index contributed by atoms with van der Waals surface area (Å²) in [5.41, 5.74) is 0. The highest BCUT2D eigenvalue weighted by molar-refractivity contribution is 7.45. The molecule has 0 aromatic carbocycles. The van der Waals surface area contributed by atoms with E-state index in [2.05, 4.69) is 109 Å². The summed E-state index contributed by atoms with van der Waals surface area (Å²) in [6.07, 6.45) is 61.0. The summed E-state index contributed by atoms with van der Waals surface area (Å²) in [5, 5.41) is 13.4. The molecule has 60 heavy (non-hydrogen) atoms. The molecule has 0 aliphatic rings. The Balaban J connectivity index is 3.89. The molecule has 342 valence electrons. The van der Waals surface area contributed by atoms with Gasteiger partial charge in [0.05, 0.1) is 39.9 Å². The Kier molecular flexibility index (Phi) is 39.5. The van der Waals surface area contributed by atoms with E-state index in [9.17, 15) is 19.4 Å². The van der Waals surface area contributed by atoms with E-state index in [1.165, 1.54) is 44.9 Å². The number of allylic oxidation sites excluding steroid dienone is 17. The molecule has 3 unspecified atom stereocenters. The first-order chi connectivity index (χ1) is 29.0. The fraction of sp³-hybridized carbons (Fsp3) is 0.627. The first-order valence-corrected chi connectivity index (χ1v) is 24.7. The SMILES string of the molecule is CC/C=C\C/C=C\C/C=C\C/C=C\C/C=C\C/C=C\C/C=C\C/C=C\CCCCCCCCCCCCC(=O)NC(COP(=O)([O-])OCC[N+](C)(C)C)C(O)/C=C/CCC. The van der Waals surface area contributed by atoms with Crippen LogP contribution in [0.5, 0.6) is 0 Å². The third-order valence-corrected chi connectivity index (χ3v) is 10.4. The lowest BCUT2D eigenvalue weighted by atomic mass is 10.0. The van der Waals surface area contributed by atoms with Crippen molar-refractivity contribution in [3.05, 3.63) is 109 Å². The molecule has 9 heteroatoms. The van der Waals surface area contributed by atoms with Gasteiger partial charge in [0.15, 0.2) is 0 Å². The van der Waals surface area contributed by atoms with Crippen LogP contribution in [0.4, 0.5) is 0 Å². The Morgan fingerprint density at radius 1 is 0.600 bits per heavy atom. The van der Waals surface area contributed by atoms with Gasteiger partial charge >= 0.3 is 0 Å². The summed E-state index contributed by atoms with van der Waals surface area (Å²) in [4.78, 5) is 24.9. The van der Waals surface area contributed by atoms with E-state index < -0.39 is 26.6 Å². The Bertz CT molecular complexity index is 1340. The molecule has 0 spiro atoms. The van der Waals surface area contributed by atoms with Gasteiger partial charge in [-0.1, -0.05) is 181 Å². The van der Waals surface area contributed by atoms with Crippen LogP contribution in [0.2, 0.25) is 0 Å². The maximum atomic E-state index is 12.7. The van der Waals surface area contributed by atoms with Gasteiger partial charge in [-0.15, -0.1) is 0 Å². The number of nitrogens with zero attached hydrogens (tertiary/aromatic N) is 1. The summed E-state index contributed by atoms with van der Waals surface area (Å²) < 4.78 is 22.9. The number of hydrogen-bond donors (Lipinski definition) is 2. The van der Waals surface area contributed by atoms with Crippen LogP contribution in [-0.4, -0.2) is 68.5 Å². The monoisotopic (exact) mass is 855 g/mol. The lowest BCUT2D eigenvalue weighted by Gasteiger charge is -2.29. The highest BCUT2D eigenvalue weighted by atomic mass is 31.2. The van der Waals surface area contributed by atoms with Crippen molar-refractivity contribution >= 4 is 13.7 Å². The van der Waals surface area contributed by atoms with Crippen LogP contribution in [-0.2, 0) is 18.4 Å². The molecule has 0 aliphatic carbocycles. The molecule has 0 bridgehead atoms. The smallest absolute Gasteiger partial charge is 0.268 e. The average Bonchev–Trinajstić information content (AvgIpc) is 3.20. The molecular formula is C51H87N2O6P. The number of likely N-dealkylation sites (N-methyl/N-ethyl adjacent to an activating group) is 1.